The summed E-state index contributed by atoms with van der Waals surface area (Å²) in [4.78, 5) is 2.37. The number of benzene rings is 9. The molecule has 0 spiro atoms. The summed E-state index contributed by atoms with van der Waals surface area (Å²) in [6.45, 7) is 0. The molecule has 0 fully saturated rings. The van der Waals surface area contributed by atoms with E-state index in [4.69, 9.17) is 4.42 Å². The second-order valence-electron chi connectivity index (χ2n) is 14.5. The first kappa shape index (κ1) is 31.2. The Hall–Kier alpha value is -7.14. The highest BCUT2D eigenvalue weighted by Gasteiger charge is 2.19. The Labute approximate surface area is 326 Å². The van der Waals surface area contributed by atoms with E-state index >= 15 is 0 Å². The van der Waals surface area contributed by atoms with Gasteiger partial charge in [0.1, 0.15) is 11.2 Å². The highest BCUT2D eigenvalue weighted by atomic mass is 32.1. The lowest BCUT2D eigenvalue weighted by Gasteiger charge is -2.26. The van der Waals surface area contributed by atoms with Crippen molar-refractivity contribution in [2.75, 3.05) is 4.90 Å². The topological polar surface area (TPSA) is 21.3 Å². The van der Waals surface area contributed by atoms with E-state index in [-0.39, 0.29) is 0 Å². The molecule has 0 aliphatic carbocycles. The fourth-order valence-corrected chi connectivity index (χ4v) is 9.94. The molecule has 0 aliphatic rings. The number of fused-ring (bicyclic) bond motifs is 11. The van der Waals surface area contributed by atoms with Crippen LogP contribution in [0.2, 0.25) is 0 Å². The molecule has 0 N–H and O–H groups in total. The second kappa shape index (κ2) is 12.2. The van der Waals surface area contributed by atoms with Crippen molar-refractivity contribution in [2.45, 2.75) is 0 Å². The number of para-hydroxylation sites is 3. The van der Waals surface area contributed by atoms with Gasteiger partial charge in [-0.1, -0.05) is 103 Å². The molecule has 4 heteroatoms. The fourth-order valence-electron chi connectivity index (χ4n) is 8.80. The van der Waals surface area contributed by atoms with E-state index in [2.05, 4.69) is 198 Å². The maximum atomic E-state index is 6.32. The Balaban J connectivity index is 1.05. The lowest BCUT2D eigenvalue weighted by molar-refractivity contribution is 0.669. The van der Waals surface area contributed by atoms with Crippen LogP contribution >= 0.6 is 11.3 Å². The number of anilines is 3. The van der Waals surface area contributed by atoms with E-state index < -0.39 is 0 Å². The van der Waals surface area contributed by atoms with E-state index in [0.29, 0.717) is 0 Å². The molecule has 3 aromatic heterocycles. The highest BCUT2D eigenvalue weighted by Crippen LogP contribution is 2.43. The molecule has 0 radical (unpaired) electrons. The van der Waals surface area contributed by atoms with Crippen molar-refractivity contribution in [1.29, 1.82) is 0 Å². The predicted molar refractivity (Wildman–Crippen MR) is 239 cm³/mol. The van der Waals surface area contributed by atoms with E-state index in [1.165, 1.54) is 63.9 Å². The molecule has 0 saturated carbocycles. The summed E-state index contributed by atoms with van der Waals surface area (Å²) < 4.78 is 11.3. The third-order valence-corrected chi connectivity index (χ3v) is 12.5. The maximum Gasteiger partial charge on any atom is 0.136 e. The quantitative estimate of drug-likeness (QED) is 0.176. The minimum atomic E-state index is 0.913. The number of thiophene rings is 1. The van der Waals surface area contributed by atoms with Crippen molar-refractivity contribution < 1.29 is 4.42 Å². The third-order valence-electron chi connectivity index (χ3n) is 11.3. The van der Waals surface area contributed by atoms with Gasteiger partial charge in [0.15, 0.2) is 0 Å². The summed E-state index contributed by atoms with van der Waals surface area (Å²) in [5.41, 5.74) is 11.0. The summed E-state index contributed by atoms with van der Waals surface area (Å²) in [7, 11) is 0. The van der Waals surface area contributed by atoms with Gasteiger partial charge in [-0.05, 0) is 113 Å². The zero-order valence-corrected chi connectivity index (χ0v) is 31.0. The van der Waals surface area contributed by atoms with Gasteiger partial charge in [-0.2, -0.15) is 0 Å². The molecule has 9 aromatic carbocycles. The molecule has 0 saturated heterocycles. The summed E-state index contributed by atoms with van der Waals surface area (Å²) in [6, 6.07) is 70.3. The first-order chi connectivity index (χ1) is 27.7. The number of nitrogens with zero attached hydrogens (tertiary/aromatic N) is 2. The van der Waals surface area contributed by atoms with Crippen LogP contribution in [0.3, 0.4) is 0 Å². The average Bonchev–Trinajstić information content (AvgIpc) is 3.93. The predicted octanol–water partition coefficient (Wildman–Crippen LogP) is 15.3. The molecule has 0 atom stereocenters. The summed E-state index contributed by atoms with van der Waals surface area (Å²) in [5.74, 6) is 0. The van der Waals surface area contributed by atoms with Gasteiger partial charge in [0.2, 0.25) is 0 Å². The Morgan fingerprint density at radius 1 is 0.393 bits per heavy atom. The average molecular weight is 733 g/mol. The van der Waals surface area contributed by atoms with E-state index in [1.807, 2.05) is 17.4 Å². The fraction of sp³-hybridized carbons (Fsp3) is 0. The smallest absolute Gasteiger partial charge is 0.136 e. The van der Waals surface area contributed by atoms with Crippen molar-refractivity contribution in [3.8, 4) is 16.8 Å². The molecule has 56 heavy (non-hydrogen) atoms. The van der Waals surface area contributed by atoms with Crippen LogP contribution in [0.5, 0.6) is 0 Å². The number of hydrogen-bond donors (Lipinski definition) is 0. The molecular weight excluding hydrogens is 701 g/mol. The van der Waals surface area contributed by atoms with Crippen molar-refractivity contribution in [3.05, 3.63) is 194 Å². The summed E-state index contributed by atoms with van der Waals surface area (Å²) in [6.07, 6.45) is 0. The largest absolute Gasteiger partial charge is 0.456 e. The lowest BCUT2D eigenvalue weighted by atomic mass is 9.99. The molecule has 3 nitrogen and oxygen atoms in total. The minimum absolute atomic E-state index is 0.913. The normalized spacial score (nSPS) is 11.9. The first-order valence-corrected chi connectivity index (χ1v) is 19.8. The van der Waals surface area contributed by atoms with Gasteiger partial charge in [-0.25, -0.2) is 0 Å². The summed E-state index contributed by atoms with van der Waals surface area (Å²) in [5, 5.41) is 9.77. The third kappa shape index (κ3) is 4.76. The molecular formula is C52H32N2OS. The molecule has 0 amide bonds. The van der Waals surface area contributed by atoms with Gasteiger partial charge < -0.3 is 13.9 Å². The number of furan rings is 1. The van der Waals surface area contributed by atoms with Crippen LogP contribution in [0, 0.1) is 0 Å². The first-order valence-electron chi connectivity index (χ1n) is 19.0. The van der Waals surface area contributed by atoms with E-state index in [9.17, 15) is 0 Å². The Bertz CT molecular complexity index is 3480. The molecule has 12 aromatic rings. The highest BCUT2D eigenvalue weighted by molar-refractivity contribution is 7.25. The number of hydrogen-bond acceptors (Lipinski definition) is 3. The molecule has 3 heterocycles. The molecule has 0 aliphatic heterocycles. The van der Waals surface area contributed by atoms with Crippen LogP contribution in [0.15, 0.2) is 199 Å². The van der Waals surface area contributed by atoms with Crippen molar-refractivity contribution in [2.24, 2.45) is 0 Å². The van der Waals surface area contributed by atoms with Crippen molar-refractivity contribution in [1.82, 2.24) is 4.57 Å². The van der Waals surface area contributed by atoms with E-state index in [1.54, 1.807) is 0 Å². The van der Waals surface area contributed by atoms with Gasteiger partial charge in [0.05, 0.1) is 11.0 Å². The Kier molecular flexibility index (Phi) is 6.80. The van der Waals surface area contributed by atoms with Crippen LogP contribution in [-0.2, 0) is 0 Å². The number of aromatic nitrogens is 1. The van der Waals surface area contributed by atoms with Gasteiger partial charge in [0, 0.05) is 64.5 Å². The van der Waals surface area contributed by atoms with Crippen molar-refractivity contribution >= 4 is 103 Å². The van der Waals surface area contributed by atoms with Gasteiger partial charge >= 0.3 is 0 Å². The van der Waals surface area contributed by atoms with Gasteiger partial charge in [0.25, 0.3) is 0 Å². The van der Waals surface area contributed by atoms with E-state index in [0.717, 1.165) is 44.7 Å². The second-order valence-corrected chi connectivity index (χ2v) is 15.6. The maximum absolute atomic E-state index is 6.32. The SMILES string of the molecule is c1ccc(N(c2cccc(-c3ccc4c(c3)c3cc5ccc6oc7ccccc7c6c5cc3n4-c3ccccc3)c2)c2ccc3c(c2)sc2ccccc23)cc1. The lowest BCUT2D eigenvalue weighted by Crippen LogP contribution is -2.09. The van der Waals surface area contributed by atoms with Gasteiger partial charge in [-0.15, -0.1) is 11.3 Å². The standard InChI is InChI=1S/C52H32N2OS/c1-3-13-36(14-4-1)53(39-24-25-41-40-18-8-10-21-50(40)56-51(41)31-39)38-17-11-12-33(28-38)34-22-26-46-44(29-34)45-30-35-23-27-49-52(42-19-7-9-20-48(42)55-49)43(35)32-47(45)54(46)37-15-5-2-6-16-37/h1-32H. The monoisotopic (exact) mass is 732 g/mol. The zero-order chi connectivity index (χ0) is 36.7. The number of rotatable bonds is 5. The van der Waals surface area contributed by atoms with Crippen LogP contribution in [0.4, 0.5) is 17.1 Å². The molecule has 262 valence electrons. The van der Waals surface area contributed by atoms with Crippen molar-refractivity contribution in [3.63, 3.8) is 0 Å². The van der Waals surface area contributed by atoms with Gasteiger partial charge in [-0.3, -0.25) is 0 Å². The molecule has 12 rings (SSSR count). The summed E-state index contributed by atoms with van der Waals surface area (Å²) >= 11 is 1.85. The van der Waals surface area contributed by atoms with Crippen LogP contribution in [-0.4, -0.2) is 4.57 Å². The Morgan fingerprint density at radius 2 is 1.11 bits per heavy atom. The molecule has 0 bridgehead atoms. The Morgan fingerprint density at radius 3 is 2.00 bits per heavy atom. The minimum Gasteiger partial charge on any atom is -0.456 e. The zero-order valence-electron chi connectivity index (χ0n) is 30.2. The van der Waals surface area contributed by atoms with Crippen LogP contribution in [0.25, 0.3) is 91.5 Å². The van der Waals surface area contributed by atoms with Crippen LogP contribution < -0.4 is 4.90 Å². The molecule has 0 unspecified atom stereocenters. The van der Waals surface area contributed by atoms with Crippen LogP contribution in [0.1, 0.15) is 0 Å².